The Bertz CT molecular complexity index is 991. The first-order valence-corrected chi connectivity index (χ1v) is 8.60. The minimum Gasteiger partial charge on any atom is -0.338 e. The summed E-state index contributed by atoms with van der Waals surface area (Å²) < 4.78 is 16.1. The highest BCUT2D eigenvalue weighted by Crippen LogP contribution is 2.13. The van der Waals surface area contributed by atoms with Crippen molar-refractivity contribution >= 4 is 11.7 Å². The number of rotatable bonds is 5. The van der Waals surface area contributed by atoms with Crippen LogP contribution in [0, 0.1) is 12.7 Å². The lowest BCUT2D eigenvalue weighted by Crippen LogP contribution is -2.32. The Hall–Kier alpha value is -3.35. The van der Waals surface area contributed by atoms with E-state index in [1.54, 1.807) is 30.8 Å². The Kier molecular flexibility index (Phi) is 5.40. The van der Waals surface area contributed by atoms with Gasteiger partial charge in [0.05, 0.1) is 11.4 Å². The number of nitrogens with one attached hydrogen (secondary N) is 2. The van der Waals surface area contributed by atoms with Crippen molar-refractivity contribution in [3.05, 3.63) is 82.0 Å². The zero-order valence-corrected chi connectivity index (χ0v) is 15.2. The monoisotopic (exact) mass is 368 g/mol. The molecule has 0 aliphatic heterocycles. The summed E-state index contributed by atoms with van der Waals surface area (Å²) in [7, 11) is 1.77. The van der Waals surface area contributed by atoms with Crippen molar-refractivity contribution < 1.29 is 9.18 Å². The molecule has 27 heavy (non-hydrogen) atoms. The van der Waals surface area contributed by atoms with E-state index in [1.807, 2.05) is 30.3 Å². The summed E-state index contributed by atoms with van der Waals surface area (Å²) in [6.07, 6.45) is 0.565. The molecule has 3 rings (SSSR count). The number of hydrogen-bond donors (Lipinski definition) is 2. The number of carbonyl (C=O) groups excluding carboxylic acids is 1. The van der Waals surface area contributed by atoms with Gasteiger partial charge in [-0.15, -0.1) is 0 Å². The van der Waals surface area contributed by atoms with Crippen molar-refractivity contribution in [3.63, 3.8) is 0 Å². The predicted molar refractivity (Wildman–Crippen MR) is 103 cm³/mol. The molecule has 2 amide bonds. The maximum absolute atomic E-state index is 12.9. The normalized spacial score (nSPS) is 10.6. The van der Waals surface area contributed by atoms with Gasteiger partial charge in [0, 0.05) is 13.6 Å². The molecular formula is C20H21FN4O2. The van der Waals surface area contributed by atoms with E-state index < -0.39 is 6.03 Å². The highest BCUT2D eigenvalue weighted by molar-refractivity contribution is 5.89. The summed E-state index contributed by atoms with van der Waals surface area (Å²) >= 11 is 0. The third-order valence-electron chi connectivity index (χ3n) is 4.41. The van der Waals surface area contributed by atoms with Crippen molar-refractivity contribution in [2.75, 3.05) is 11.9 Å². The van der Waals surface area contributed by atoms with Crippen LogP contribution in [0.15, 0.2) is 59.4 Å². The molecule has 7 heteroatoms. The summed E-state index contributed by atoms with van der Waals surface area (Å²) in [4.78, 5) is 24.9. The van der Waals surface area contributed by atoms with Gasteiger partial charge >= 0.3 is 6.03 Å². The van der Waals surface area contributed by atoms with Crippen LogP contribution in [0.2, 0.25) is 0 Å². The van der Waals surface area contributed by atoms with Gasteiger partial charge in [0.2, 0.25) is 0 Å². The second-order valence-corrected chi connectivity index (χ2v) is 6.19. The minimum absolute atomic E-state index is 0.237. The largest absolute Gasteiger partial charge is 0.338 e. The Labute approximate surface area is 156 Å². The highest BCUT2D eigenvalue weighted by Gasteiger charge is 2.17. The van der Waals surface area contributed by atoms with Crippen LogP contribution in [0.25, 0.3) is 5.69 Å². The summed E-state index contributed by atoms with van der Waals surface area (Å²) in [5, 5.41) is 5.36. The number of amides is 2. The molecule has 140 valence electrons. The minimum atomic E-state index is -0.455. The van der Waals surface area contributed by atoms with Crippen LogP contribution in [0.1, 0.15) is 11.3 Å². The van der Waals surface area contributed by atoms with Gasteiger partial charge in [0.25, 0.3) is 5.56 Å². The Morgan fingerprint density at radius 2 is 1.74 bits per heavy atom. The van der Waals surface area contributed by atoms with E-state index in [-0.39, 0.29) is 17.1 Å². The average Bonchev–Trinajstić information content (AvgIpc) is 2.87. The number of hydrogen-bond acceptors (Lipinski definition) is 2. The summed E-state index contributed by atoms with van der Waals surface area (Å²) in [6, 6.07) is 14.9. The van der Waals surface area contributed by atoms with Crippen molar-refractivity contribution in [1.82, 2.24) is 14.7 Å². The van der Waals surface area contributed by atoms with Crippen molar-refractivity contribution in [2.24, 2.45) is 7.05 Å². The number of aromatic nitrogens is 2. The molecule has 0 aliphatic carbocycles. The van der Waals surface area contributed by atoms with E-state index in [9.17, 15) is 14.0 Å². The molecule has 0 radical (unpaired) electrons. The van der Waals surface area contributed by atoms with E-state index in [4.69, 9.17) is 0 Å². The zero-order chi connectivity index (χ0) is 19.4. The number of halogens is 1. The van der Waals surface area contributed by atoms with E-state index in [0.29, 0.717) is 18.7 Å². The standard InChI is InChI=1S/C20H21FN4O2/c1-14-18(19(26)25(24(14)2)17-6-4-3-5-7-17)23-20(27)22-13-12-15-8-10-16(21)11-9-15/h3-11H,12-13H2,1-2H3,(H2,22,23,27). The fourth-order valence-corrected chi connectivity index (χ4v) is 2.84. The van der Waals surface area contributed by atoms with Crippen molar-refractivity contribution in [2.45, 2.75) is 13.3 Å². The van der Waals surface area contributed by atoms with Crippen LogP contribution in [-0.4, -0.2) is 21.9 Å². The molecule has 1 aromatic heterocycles. The molecule has 0 fully saturated rings. The van der Waals surface area contributed by atoms with Crippen LogP contribution >= 0.6 is 0 Å². The fraction of sp³-hybridized carbons (Fsp3) is 0.200. The molecule has 2 N–H and O–H groups in total. The van der Waals surface area contributed by atoms with Crippen molar-refractivity contribution in [3.8, 4) is 5.69 Å². The number of nitrogens with zero attached hydrogens (tertiary/aromatic N) is 2. The molecule has 0 unspecified atom stereocenters. The van der Waals surface area contributed by atoms with Gasteiger partial charge in [0.15, 0.2) is 0 Å². The molecule has 0 bridgehead atoms. The summed E-state index contributed by atoms with van der Waals surface area (Å²) in [5.74, 6) is -0.293. The zero-order valence-electron chi connectivity index (χ0n) is 15.2. The lowest BCUT2D eigenvalue weighted by atomic mass is 10.1. The lowest BCUT2D eigenvalue weighted by molar-refractivity contribution is 0.252. The molecule has 2 aromatic carbocycles. The van der Waals surface area contributed by atoms with E-state index >= 15 is 0 Å². The molecule has 0 atom stereocenters. The predicted octanol–water partition coefficient (Wildman–Crippen LogP) is 2.99. The Balaban J connectivity index is 1.67. The molecule has 6 nitrogen and oxygen atoms in total. The second-order valence-electron chi connectivity index (χ2n) is 6.19. The number of benzene rings is 2. The average molecular weight is 368 g/mol. The number of anilines is 1. The second kappa shape index (κ2) is 7.90. The van der Waals surface area contributed by atoms with Crippen LogP contribution < -0.4 is 16.2 Å². The smallest absolute Gasteiger partial charge is 0.319 e. The van der Waals surface area contributed by atoms with Gasteiger partial charge in [-0.05, 0) is 43.2 Å². The quantitative estimate of drug-likeness (QED) is 0.727. The molecule has 1 heterocycles. The van der Waals surface area contributed by atoms with Gasteiger partial charge in [-0.25, -0.2) is 13.9 Å². The maximum Gasteiger partial charge on any atom is 0.319 e. The first-order valence-electron chi connectivity index (χ1n) is 8.60. The molecule has 3 aromatic rings. The summed E-state index contributed by atoms with van der Waals surface area (Å²) in [6.45, 7) is 2.14. The molecule has 0 spiro atoms. The Morgan fingerprint density at radius 1 is 1.07 bits per heavy atom. The molecule has 0 aliphatic rings. The third kappa shape index (κ3) is 4.08. The summed E-state index contributed by atoms with van der Waals surface area (Å²) in [5.41, 5.74) is 2.23. The molecule has 0 saturated carbocycles. The number of para-hydroxylation sites is 1. The first kappa shape index (κ1) is 18.4. The number of carbonyl (C=O) groups is 1. The highest BCUT2D eigenvalue weighted by atomic mass is 19.1. The maximum atomic E-state index is 12.9. The van der Waals surface area contributed by atoms with Crippen LogP contribution in [0.3, 0.4) is 0 Å². The molecule has 0 saturated heterocycles. The lowest BCUT2D eigenvalue weighted by Gasteiger charge is -2.07. The van der Waals surface area contributed by atoms with Crippen LogP contribution in [0.4, 0.5) is 14.9 Å². The SMILES string of the molecule is Cc1c(NC(=O)NCCc2ccc(F)cc2)c(=O)n(-c2ccccc2)n1C. The van der Waals surface area contributed by atoms with Crippen molar-refractivity contribution in [1.29, 1.82) is 0 Å². The third-order valence-corrected chi connectivity index (χ3v) is 4.41. The number of urea groups is 1. The van der Waals surface area contributed by atoms with E-state index in [0.717, 1.165) is 11.3 Å². The van der Waals surface area contributed by atoms with Gasteiger partial charge < -0.3 is 10.6 Å². The van der Waals surface area contributed by atoms with Gasteiger partial charge in [0.1, 0.15) is 11.5 Å². The van der Waals surface area contributed by atoms with Gasteiger partial charge in [-0.3, -0.25) is 9.48 Å². The topological polar surface area (TPSA) is 68.1 Å². The van der Waals surface area contributed by atoms with Crippen LogP contribution in [0.5, 0.6) is 0 Å². The first-order chi connectivity index (χ1) is 13.0. The van der Waals surface area contributed by atoms with Gasteiger partial charge in [-0.2, -0.15) is 0 Å². The van der Waals surface area contributed by atoms with E-state index in [1.165, 1.54) is 16.8 Å². The fourth-order valence-electron chi connectivity index (χ4n) is 2.84. The van der Waals surface area contributed by atoms with Crippen LogP contribution in [-0.2, 0) is 13.5 Å². The molecular weight excluding hydrogens is 347 g/mol. The van der Waals surface area contributed by atoms with Gasteiger partial charge in [-0.1, -0.05) is 30.3 Å². The Morgan fingerprint density at radius 3 is 2.41 bits per heavy atom. The van der Waals surface area contributed by atoms with E-state index in [2.05, 4.69) is 10.6 Å².